The van der Waals surface area contributed by atoms with Crippen molar-refractivity contribution in [2.75, 3.05) is 19.5 Å². The number of methoxy groups -OCH3 is 2. The van der Waals surface area contributed by atoms with E-state index in [1.54, 1.807) is 19.1 Å². The minimum absolute atomic E-state index is 0.312. The SMILES string of the molecule is COc1cc(NC(=O)[C@H](C)N)c(OC)cc1Cl. The van der Waals surface area contributed by atoms with E-state index in [9.17, 15) is 4.79 Å². The lowest BCUT2D eigenvalue weighted by Crippen LogP contribution is -2.32. The standard InChI is InChI=1S/C11H15ClN2O3/c1-6(13)11(15)14-8-5-9(16-2)7(12)4-10(8)17-3/h4-6H,13H2,1-3H3,(H,14,15)/t6-/m0/s1. The van der Waals surface area contributed by atoms with Crippen molar-refractivity contribution >= 4 is 23.2 Å². The first-order chi connectivity index (χ1) is 7.99. The number of ether oxygens (including phenoxy) is 2. The molecule has 17 heavy (non-hydrogen) atoms. The summed E-state index contributed by atoms with van der Waals surface area (Å²) in [6.45, 7) is 1.59. The van der Waals surface area contributed by atoms with Crippen LogP contribution in [0.4, 0.5) is 5.69 Å². The number of rotatable bonds is 4. The summed E-state index contributed by atoms with van der Waals surface area (Å²) in [5.41, 5.74) is 5.93. The molecule has 0 bridgehead atoms. The van der Waals surface area contributed by atoms with E-state index in [4.69, 9.17) is 26.8 Å². The number of hydrogen-bond acceptors (Lipinski definition) is 4. The molecule has 3 N–H and O–H groups in total. The molecule has 1 aromatic carbocycles. The van der Waals surface area contributed by atoms with Crippen molar-refractivity contribution in [3.8, 4) is 11.5 Å². The second kappa shape index (κ2) is 5.75. The quantitative estimate of drug-likeness (QED) is 0.861. The molecule has 0 aliphatic carbocycles. The van der Waals surface area contributed by atoms with Gasteiger partial charge in [0.2, 0.25) is 5.91 Å². The molecule has 94 valence electrons. The van der Waals surface area contributed by atoms with Gasteiger partial charge in [-0.3, -0.25) is 4.79 Å². The third-order valence-electron chi connectivity index (χ3n) is 2.15. The van der Waals surface area contributed by atoms with Gasteiger partial charge in [-0.2, -0.15) is 0 Å². The van der Waals surface area contributed by atoms with Gasteiger partial charge < -0.3 is 20.5 Å². The maximum atomic E-state index is 11.5. The lowest BCUT2D eigenvalue weighted by Gasteiger charge is -2.14. The zero-order valence-corrected chi connectivity index (χ0v) is 10.7. The van der Waals surface area contributed by atoms with Crippen molar-refractivity contribution in [3.63, 3.8) is 0 Å². The van der Waals surface area contributed by atoms with Gasteiger partial charge in [-0.25, -0.2) is 0 Å². The number of carbonyl (C=O) groups is 1. The minimum Gasteiger partial charge on any atom is -0.495 e. The van der Waals surface area contributed by atoms with Crippen LogP contribution in [-0.4, -0.2) is 26.2 Å². The van der Waals surface area contributed by atoms with Gasteiger partial charge >= 0.3 is 0 Å². The lowest BCUT2D eigenvalue weighted by molar-refractivity contribution is -0.117. The molecular formula is C11H15ClN2O3. The summed E-state index contributed by atoms with van der Waals surface area (Å²) in [5.74, 6) is 0.588. The van der Waals surface area contributed by atoms with E-state index in [0.717, 1.165) is 0 Å². The van der Waals surface area contributed by atoms with Crippen LogP contribution in [0.15, 0.2) is 12.1 Å². The van der Waals surface area contributed by atoms with Gasteiger partial charge in [0, 0.05) is 12.1 Å². The predicted octanol–water partition coefficient (Wildman–Crippen LogP) is 1.64. The molecule has 0 unspecified atom stereocenters. The Labute approximate surface area is 105 Å². The molecule has 0 aliphatic heterocycles. The van der Waals surface area contributed by atoms with Gasteiger partial charge in [0.1, 0.15) is 11.5 Å². The van der Waals surface area contributed by atoms with Crippen LogP contribution < -0.4 is 20.5 Å². The van der Waals surface area contributed by atoms with Crippen LogP contribution >= 0.6 is 11.6 Å². The van der Waals surface area contributed by atoms with E-state index in [2.05, 4.69) is 5.32 Å². The first-order valence-corrected chi connectivity index (χ1v) is 5.35. The first kappa shape index (κ1) is 13.6. The van der Waals surface area contributed by atoms with Crippen LogP contribution in [0.5, 0.6) is 11.5 Å². The van der Waals surface area contributed by atoms with E-state index >= 15 is 0 Å². The van der Waals surface area contributed by atoms with E-state index < -0.39 is 6.04 Å². The number of amides is 1. The highest BCUT2D eigenvalue weighted by Crippen LogP contribution is 2.35. The van der Waals surface area contributed by atoms with E-state index in [-0.39, 0.29) is 5.91 Å². The first-order valence-electron chi connectivity index (χ1n) is 4.97. The molecule has 0 spiro atoms. The number of carbonyl (C=O) groups excluding carboxylic acids is 1. The Morgan fingerprint density at radius 2 is 1.94 bits per heavy atom. The molecule has 1 aromatic rings. The summed E-state index contributed by atoms with van der Waals surface area (Å²) in [6, 6.07) is 2.54. The summed E-state index contributed by atoms with van der Waals surface area (Å²) in [7, 11) is 2.98. The fourth-order valence-electron chi connectivity index (χ4n) is 1.20. The van der Waals surface area contributed by atoms with Gasteiger partial charge in [-0.05, 0) is 6.92 Å². The number of nitrogens with one attached hydrogen (secondary N) is 1. The number of nitrogens with two attached hydrogens (primary N) is 1. The third-order valence-corrected chi connectivity index (χ3v) is 2.44. The molecule has 0 heterocycles. The molecule has 6 heteroatoms. The van der Waals surface area contributed by atoms with E-state index in [1.165, 1.54) is 14.2 Å². The average Bonchev–Trinajstić information content (AvgIpc) is 2.30. The van der Waals surface area contributed by atoms with Crippen molar-refractivity contribution in [1.29, 1.82) is 0 Å². The Bertz CT molecular complexity index is 421. The molecule has 1 rings (SSSR count). The van der Waals surface area contributed by atoms with Crippen molar-refractivity contribution in [2.45, 2.75) is 13.0 Å². The topological polar surface area (TPSA) is 73.6 Å². The van der Waals surface area contributed by atoms with Gasteiger partial charge in [0.25, 0.3) is 0 Å². The van der Waals surface area contributed by atoms with Crippen molar-refractivity contribution in [2.24, 2.45) is 5.73 Å². The lowest BCUT2D eigenvalue weighted by atomic mass is 10.2. The molecule has 0 saturated heterocycles. The third kappa shape index (κ3) is 3.25. The Morgan fingerprint density at radius 1 is 1.35 bits per heavy atom. The molecule has 0 saturated carbocycles. The zero-order chi connectivity index (χ0) is 13.0. The highest BCUT2D eigenvalue weighted by Gasteiger charge is 2.14. The van der Waals surface area contributed by atoms with Crippen LogP contribution in [0.25, 0.3) is 0 Å². The van der Waals surface area contributed by atoms with Crippen LogP contribution in [0.2, 0.25) is 5.02 Å². The average molecular weight is 259 g/mol. The maximum Gasteiger partial charge on any atom is 0.241 e. The van der Waals surface area contributed by atoms with Crippen molar-refractivity contribution in [3.05, 3.63) is 17.2 Å². The van der Waals surface area contributed by atoms with Crippen LogP contribution in [-0.2, 0) is 4.79 Å². The zero-order valence-electron chi connectivity index (χ0n) is 9.91. The fraction of sp³-hybridized carbons (Fsp3) is 0.364. The fourth-order valence-corrected chi connectivity index (χ4v) is 1.44. The Kier molecular flexibility index (Phi) is 4.60. The monoisotopic (exact) mass is 258 g/mol. The highest BCUT2D eigenvalue weighted by atomic mass is 35.5. The van der Waals surface area contributed by atoms with Crippen molar-refractivity contribution < 1.29 is 14.3 Å². The number of benzene rings is 1. The highest BCUT2D eigenvalue weighted by molar-refractivity contribution is 6.32. The summed E-state index contributed by atoms with van der Waals surface area (Å²) in [4.78, 5) is 11.5. The summed E-state index contributed by atoms with van der Waals surface area (Å²) < 4.78 is 10.2. The van der Waals surface area contributed by atoms with Crippen LogP contribution in [0.1, 0.15) is 6.92 Å². The molecule has 5 nitrogen and oxygen atoms in total. The second-order valence-electron chi connectivity index (χ2n) is 3.46. The Morgan fingerprint density at radius 3 is 2.41 bits per heavy atom. The second-order valence-corrected chi connectivity index (χ2v) is 3.87. The normalized spacial score (nSPS) is 11.8. The van der Waals surface area contributed by atoms with Crippen LogP contribution in [0.3, 0.4) is 0 Å². The Hall–Kier alpha value is -1.46. The Balaban J connectivity index is 3.08. The summed E-state index contributed by atoms with van der Waals surface area (Å²) >= 11 is 5.94. The largest absolute Gasteiger partial charge is 0.495 e. The van der Waals surface area contributed by atoms with E-state index in [1.807, 2.05) is 0 Å². The van der Waals surface area contributed by atoms with Crippen LogP contribution in [0, 0.1) is 0 Å². The number of hydrogen-bond donors (Lipinski definition) is 2. The predicted molar refractivity (Wildman–Crippen MR) is 66.8 cm³/mol. The number of halogens is 1. The van der Waals surface area contributed by atoms with Gasteiger partial charge in [0.15, 0.2) is 0 Å². The minimum atomic E-state index is -0.610. The number of anilines is 1. The smallest absolute Gasteiger partial charge is 0.241 e. The summed E-state index contributed by atoms with van der Waals surface area (Å²) in [5, 5.41) is 3.04. The summed E-state index contributed by atoms with van der Waals surface area (Å²) in [6.07, 6.45) is 0. The van der Waals surface area contributed by atoms with Gasteiger partial charge in [0.05, 0.1) is 31.0 Å². The van der Waals surface area contributed by atoms with Crippen molar-refractivity contribution in [1.82, 2.24) is 0 Å². The molecular weight excluding hydrogens is 244 g/mol. The van der Waals surface area contributed by atoms with Gasteiger partial charge in [-0.1, -0.05) is 11.6 Å². The van der Waals surface area contributed by atoms with Gasteiger partial charge in [-0.15, -0.1) is 0 Å². The van der Waals surface area contributed by atoms with E-state index in [0.29, 0.717) is 22.2 Å². The molecule has 1 atom stereocenters. The molecule has 0 radical (unpaired) electrons. The molecule has 0 fully saturated rings. The maximum absolute atomic E-state index is 11.5. The molecule has 1 amide bonds. The molecule has 0 aliphatic rings. The molecule has 0 aromatic heterocycles.